The molecule has 27 heavy (non-hydrogen) atoms. The maximum absolute atomic E-state index is 12.0. The zero-order valence-electron chi connectivity index (χ0n) is 16.0. The smallest absolute Gasteiger partial charge is 0.340 e. The number of unbranched alkanes of at least 4 members (excludes halogenated alkanes) is 2. The molecule has 1 aromatic heterocycles. The molecule has 0 fully saturated rings. The largest absolute Gasteiger partial charge is 0.470 e. The Labute approximate surface area is 159 Å². The van der Waals surface area contributed by atoms with Crippen LogP contribution >= 0.6 is 0 Å². The van der Waals surface area contributed by atoms with Gasteiger partial charge in [0.1, 0.15) is 13.2 Å². The van der Waals surface area contributed by atoms with E-state index in [4.69, 9.17) is 18.9 Å². The third-order valence-corrected chi connectivity index (χ3v) is 3.48. The summed E-state index contributed by atoms with van der Waals surface area (Å²) < 4.78 is 20.9. The molecular formula is C18H28N2O7. The van der Waals surface area contributed by atoms with Crippen molar-refractivity contribution in [1.29, 1.82) is 0 Å². The normalized spacial score (nSPS) is 10.6. The molecule has 1 aromatic rings. The minimum Gasteiger partial charge on any atom is -0.470 e. The number of hydrogen-bond donors (Lipinski definition) is 0. The van der Waals surface area contributed by atoms with Gasteiger partial charge in [0.2, 0.25) is 0 Å². The summed E-state index contributed by atoms with van der Waals surface area (Å²) in [7, 11) is 0. The predicted molar refractivity (Wildman–Crippen MR) is 98.1 cm³/mol. The van der Waals surface area contributed by atoms with Crippen LogP contribution in [0.5, 0.6) is 5.88 Å². The van der Waals surface area contributed by atoms with E-state index in [9.17, 15) is 14.9 Å². The van der Waals surface area contributed by atoms with Crippen molar-refractivity contribution in [3.8, 4) is 5.88 Å². The minimum absolute atomic E-state index is 0.0122. The molecular weight excluding hydrogens is 356 g/mol. The van der Waals surface area contributed by atoms with Crippen LogP contribution in [0.3, 0.4) is 0 Å². The first-order valence-electron chi connectivity index (χ1n) is 9.20. The van der Waals surface area contributed by atoms with Crippen LogP contribution in [-0.4, -0.2) is 55.5 Å². The van der Waals surface area contributed by atoms with E-state index < -0.39 is 16.6 Å². The van der Waals surface area contributed by atoms with E-state index >= 15 is 0 Å². The molecule has 0 amide bonds. The summed E-state index contributed by atoms with van der Waals surface area (Å²) in [5.41, 5.74) is -0.404. The van der Waals surface area contributed by atoms with Gasteiger partial charge in [-0.3, -0.25) is 10.1 Å². The molecule has 9 nitrogen and oxygen atoms in total. The summed E-state index contributed by atoms with van der Waals surface area (Å²) in [5, 5.41) is 11.2. The molecule has 0 unspecified atom stereocenters. The molecule has 0 radical (unpaired) electrons. The van der Waals surface area contributed by atoms with E-state index in [0.717, 1.165) is 31.7 Å². The van der Waals surface area contributed by atoms with Gasteiger partial charge in [0.05, 0.1) is 23.7 Å². The number of nitro groups is 1. The lowest BCUT2D eigenvalue weighted by Crippen LogP contribution is -2.13. The van der Waals surface area contributed by atoms with Crippen LogP contribution < -0.4 is 4.74 Å². The van der Waals surface area contributed by atoms with Crippen LogP contribution in [0.2, 0.25) is 0 Å². The third-order valence-electron chi connectivity index (χ3n) is 3.48. The minimum atomic E-state index is -0.695. The van der Waals surface area contributed by atoms with Crippen molar-refractivity contribution < 1.29 is 28.7 Å². The fraction of sp³-hybridized carbons (Fsp3) is 0.667. The second-order valence-corrected chi connectivity index (χ2v) is 5.72. The van der Waals surface area contributed by atoms with Gasteiger partial charge in [-0.2, -0.15) is 0 Å². The number of esters is 1. The number of nitrogens with zero attached hydrogens (tertiary/aromatic N) is 2. The van der Waals surface area contributed by atoms with Crippen LogP contribution in [0.1, 0.15) is 49.9 Å². The fourth-order valence-electron chi connectivity index (χ4n) is 1.97. The van der Waals surface area contributed by atoms with Crippen LogP contribution in [0.15, 0.2) is 12.3 Å². The quantitative estimate of drug-likeness (QED) is 0.196. The first kappa shape index (κ1) is 22.8. The monoisotopic (exact) mass is 384 g/mol. The van der Waals surface area contributed by atoms with E-state index in [1.165, 1.54) is 6.20 Å². The van der Waals surface area contributed by atoms with Gasteiger partial charge >= 0.3 is 11.7 Å². The summed E-state index contributed by atoms with van der Waals surface area (Å²) in [6, 6.07) is 1.10. The van der Waals surface area contributed by atoms with Crippen molar-refractivity contribution in [1.82, 2.24) is 4.98 Å². The average Bonchev–Trinajstić information content (AvgIpc) is 2.67. The first-order valence-corrected chi connectivity index (χ1v) is 9.20. The van der Waals surface area contributed by atoms with Crippen molar-refractivity contribution in [2.45, 2.75) is 39.5 Å². The molecule has 0 aliphatic heterocycles. The molecule has 1 rings (SSSR count). The Morgan fingerprint density at radius 2 is 1.67 bits per heavy atom. The Morgan fingerprint density at radius 1 is 1.04 bits per heavy atom. The SMILES string of the molecule is CCCCOCCOC(=O)c1cnc(OCCOCCCC)c([N+](=O)[O-])c1. The van der Waals surface area contributed by atoms with E-state index in [2.05, 4.69) is 18.8 Å². The Kier molecular flexibility index (Phi) is 11.7. The highest BCUT2D eigenvalue weighted by molar-refractivity contribution is 5.90. The van der Waals surface area contributed by atoms with Gasteiger partial charge in [-0.15, -0.1) is 0 Å². The predicted octanol–water partition coefficient (Wildman–Crippen LogP) is 3.16. The lowest BCUT2D eigenvalue weighted by Gasteiger charge is -2.08. The van der Waals surface area contributed by atoms with E-state index in [-0.39, 0.29) is 31.3 Å². The van der Waals surface area contributed by atoms with Gasteiger partial charge in [0.15, 0.2) is 0 Å². The van der Waals surface area contributed by atoms with Crippen LogP contribution in [-0.2, 0) is 14.2 Å². The molecule has 0 aliphatic rings. The zero-order chi connectivity index (χ0) is 19.9. The topological polar surface area (TPSA) is 110 Å². The summed E-state index contributed by atoms with van der Waals surface area (Å²) in [6.45, 7) is 6.12. The van der Waals surface area contributed by atoms with Crippen molar-refractivity contribution in [2.75, 3.05) is 39.6 Å². The molecule has 0 aromatic carbocycles. The number of hydrogen-bond acceptors (Lipinski definition) is 8. The highest BCUT2D eigenvalue weighted by atomic mass is 16.6. The molecule has 0 aliphatic carbocycles. The lowest BCUT2D eigenvalue weighted by atomic mass is 10.2. The van der Waals surface area contributed by atoms with E-state index in [1.807, 2.05) is 0 Å². The number of aromatic nitrogens is 1. The lowest BCUT2D eigenvalue weighted by molar-refractivity contribution is -0.386. The molecule has 9 heteroatoms. The fourth-order valence-corrected chi connectivity index (χ4v) is 1.97. The highest BCUT2D eigenvalue weighted by Gasteiger charge is 2.21. The molecule has 1 heterocycles. The number of ether oxygens (including phenoxy) is 4. The summed E-state index contributed by atoms with van der Waals surface area (Å²) in [4.78, 5) is 26.4. The van der Waals surface area contributed by atoms with Crippen molar-refractivity contribution in [2.24, 2.45) is 0 Å². The van der Waals surface area contributed by atoms with Gasteiger partial charge in [-0.1, -0.05) is 26.7 Å². The summed E-state index contributed by atoms with van der Waals surface area (Å²) in [5.74, 6) is -0.849. The van der Waals surface area contributed by atoms with Crippen LogP contribution in [0.4, 0.5) is 5.69 Å². The van der Waals surface area contributed by atoms with E-state index in [0.29, 0.717) is 19.8 Å². The Morgan fingerprint density at radius 3 is 2.26 bits per heavy atom. The second-order valence-electron chi connectivity index (χ2n) is 5.72. The van der Waals surface area contributed by atoms with Crippen molar-refractivity contribution in [3.63, 3.8) is 0 Å². The molecule has 0 saturated carbocycles. The third kappa shape index (κ3) is 9.30. The van der Waals surface area contributed by atoms with Gasteiger partial charge in [-0.05, 0) is 12.8 Å². The molecule has 0 bridgehead atoms. The highest BCUT2D eigenvalue weighted by Crippen LogP contribution is 2.25. The van der Waals surface area contributed by atoms with Gasteiger partial charge in [-0.25, -0.2) is 9.78 Å². The Hall–Kier alpha value is -2.26. The number of pyridine rings is 1. The van der Waals surface area contributed by atoms with Crippen molar-refractivity contribution >= 4 is 11.7 Å². The van der Waals surface area contributed by atoms with Crippen LogP contribution in [0.25, 0.3) is 0 Å². The number of rotatable bonds is 15. The molecule has 0 atom stereocenters. The maximum atomic E-state index is 12.0. The second kappa shape index (κ2) is 13.9. The molecule has 0 saturated heterocycles. The van der Waals surface area contributed by atoms with Gasteiger partial charge < -0.3 is 18.9 Å². The summed E-state index contributed by atoms with van der Waals surface area (Å²) in [6.07, 6.45) is 5.12. The number of carbonyl (C=O) groups excluding carboxylic acids is 1. The average molecular weight is 384 g/mol. The summed E-state index contributed by atoms with van der Waals surface area (Å²) >= 11 is 0. The standard InChI is InChI=1S/C18H28N2O7/c1-3-5-7-24-9-11-26-17-16(20(22)23)13-15(14-19-17)18(21)27-12-10-25-8-6-4-2/h13-14H,3-12H2,1-2H3. The van der Waals surface area contributed by atoms with Gasteiger partial charge in [0.25, 0.3) is 5.88 Å². The molecule has 152 valence electrons. The zero-order valence-corrected chi connectivity index (χ0v) is 16.0. The molecule has 0 spiro atoms. The Bertz CT molecular complexity index is 581. The van der Waals surface area contributed by atoms with Crippen molar-refractivity contribution in [3.05, 3.63) is 27.9 Å². The Balaban J connectivity index is 2.51. The number of carbonyl (C=O) groups is 1. The first-order chi connectivity index (χ1) is 13.1. The van der Waals surface area contributed by atoms with E-state index in [1.54, 1.807) is 0 Å². The molecule has 0 N–H and O–H groups in total. The van der Waals surface area contributed by atoms with Gasteiger partial charge in [0, 0.05) is 25.5 Å². The van der Waals surface area contributed by atoms with Crippen LogP contribution in [0, 0.1) is 10.1 Å². The maximum Gasteiger partial charge on any atom is 0.340 e.